The number of hydrogen-bond acceptors (Lipinski definition) is 3. The second kappa shape index (κ2) is 3.87. The van der Waals surface area contributed by atoms with Crippen LogP contribution >= 0.6 is 0 Å². The summed E-state index contributed by atoms with van der Waals surface area (Å²) in [5.74, 6) is 0.637. The molecule has 0 aliphatic carbocycles. The highest BCUT2D eigenvalue weighted by molar-refractivity contribution is 4.91. The highest BCUT2D eigenvalue weighted by Gasteiger charge is 2.21. The van der Waals surface area contributed by atoms with Crippen molar-refractivity contribution in [2.45, 2.75) is 45.8 Å². The van der Waals surface area contributed by atoms with E-state index in [4.69, 9.17) is 5.11 Å². The lowest BCUT2D eigenvalue weighted by atomic mass is 9.98. The van der Waals surface area contributed by atoms with E-state index in [-0.39, 0.29) is 12.1 Å². The predicted molar refractivity (Wildman–Crippen MR) is 50.2 cm³/mol. The van der Waals surface area contributed by atoms with Gasteiger partial charge >= 0.3 is 0 Å². The minimum absolute atomic E-state index is 0.00366. The summed E-state index contributed by atoms with van der Waals surface area (Å²) in [7, 11) is 0. The molecule has 74 valence electrons. The molecule has 0 fully saturated rings. The lowest BCUT2D eigenvalue weighted by Gasteiger charge is -2.26. The van der Waals surface area contributed by atoms with Crippen LogP contribution in [0, 0.1) is 0 Å². The monoisotopic (exact) mass is 183 g/mol. The summed E-state index contributed by atoms with van der Waals surface area (Å²) in [6.45, 7) is 6.34. The molecule has 1 aromatic heterocycles. The first-order chi connectivity index (χ1) is 6.11. The van der Waals surface area contributed by atoms with Gasteiger partial charge in [0.15, 0.2) is 5.82 Å². The standard InChI is InChI=1S/C9H17N3O/c1-4-5-9(2,3)12-7-10-11-8(12)6-13/h7,13H,4-6H2,1-3H3. The second-order valence-electron chi connectivity index (χ2n) is 3.84. The largest absolute Gasteiger partial charge is 0.388 e. The van der Waals surface area contributed by atoms with E-state index in [1.807, 2.05) is 4.57 Å². The normalized spacial score (nSPS) is 12.0. The van der Waals surface area contributed by atoms with Crippen LogP contribution in [0.3, 0.4) is 0 Å². The number of aromatic nitrogens is 3. The maximum absolute atomic E-state index is 9.02. The van der Waals surface area contributed by atoms with Gasteiger partial charge in [-0.3, -0.25) is 0 Å². The van der Waals surface area contributed by atoms with Gasteiger partial charge in [-0.2, -0.15) is 0 Å². The van der Waals surface area contributed by atoms with Crippen molar-refractivity contribution in [1.29, 1.82) is 0 Å². The second-order valence-corrected chi connectivity index (χ2v) is 3.84. The minimum Gasteiger partial charge on any atom is -0.388 e. The number of rotatable bonds is 4. The lowest BCUT2D eigenvalue weighted by Crippen LogP contribution is -2.27. The van der Waals surface area contributed by atoms with Crippen molar-refractivity contribution in [2.24, 2.45) is 0 Å². The van der Waals surface area contributed by atoms with Gasteiger partial charge in [0.1, 0.15) is 12.9 Å². The molecule has 0 atom stereocenters. The van der Waals surface area contributed by atoms with Crippen LogP contribution in [-0.4, -0.2) is 19.9 Å². The Bertz CT molecular complexity index is 268. The Kier molecular flexibility index (Phi) is 3.03. The zero-order valence-corrected chi connectivity index (χ0v) is 8.49. The molecule has 0 amide bonds. The molecule has 4 heteroatoms. The van der Waals surface area contributed by atoms with Gasteiger partial charge in [0.05, 0.1) is 0 Å². The van der Waals surface area contributed by atoms with E-state index in [2.05, 4.69) is 31.0 Å². The van der Waals surface area contributed by atoms with Crippen molar-refractivity contribution in [2.75, 3.05) is 0 Å². The van der Waals surface area contributed by atoms with Gasteiger partial charge < -0.3 is 9.67 Å². The summed E-state index contributed by atoms with van der Waals surface area (Å²) in [5, 5.41) is 16.7. The number of nitrogens with zero attached hydrogens (tertiary/aromatic N) is 3. The van der Waals surface area contributed by atoms with Crippen LogP contribution in [-0.2, 0) is 12.1 Å². The molecule has 0 aromatic carbocycles. The summed E-state index contributed by atoms with van der Waals surface area (Å²) >= 11 is 0. The molecule has 0 unspecified atom stereocenters. The molecule has 0 bridgehead atoms. The summed E-state index contributed by atoms with van der Waals surface area (Å²) in [6, 6.07) is 0. The molecule has 0 radical (unpaired) electrons. The third kappa shape index (κ3) is 2.06. The number of hydrogen-bond donors (Lipinski definition) is 1. The molecule has 0 spiro atoms. The zero-order chi connectivity index (χ0) is 9.90. The fourth-order valence-electron chi connectivity index (χ4n) is 1.60. The number of aliphatic hydroxyl groups excluding tert-OH is 1. The molecular formula is C9H17N3O. The highest BCUT2D eigenvalue weighted by Crippen LogP contribution is 2.22. The molecule has 13 heavy (non-hydrogen) atoms. The van der Waals surface area contributed by atoms with Crippen LogP contribution in [0.1, 0.15) is 39.4 Å². The molecule has 0 aliphatic heterocycles. The van der Waals surface area contributed by atoms with Gasteiger partial charge in [-0.15, -0.1) is 10.2 Å². The van der Waals surface area contributed by atoms with Gasteiger partial charge in [-0.25, -0.2) is 0 Å². The van der Waals surface area contributed by atoms with Gasteiger partial charge in [-0.05, 0) is 20.3 Å². The van der Waals surface area contributed by atoms with Crippen molar-refractivity contribution in [3.05, 3.63) is 12.2 Å². The van der Waals surface area contributed by atoms with E-state index in [0.29, 0.717) is 5.82 Å². The highest BCUT2D eigenvalue weighted by atomic mass is 16.3. The van der Waals surface area contributed by atoms with E-state index in [1.54, 1.807) is 6.33 Å². The van der Waals surface area contributed by atoms with E-state index < -0.39 is 0 Å². The molecule has 0 saturated carbocycles. The third-order valence-corrected chi connectivity index (χ3v) is 2.27. The fourth-order valence-corrected chi connectivity index (χ4v) is 1.60. The van der Waals surface area contributed by atoms with Crippen LogP contribution in [0.4, 0.5) is 0 Å². The summed E-state index contributed by atoms with van der Waals surface area (Å²) in [5.41, 5.74) is -0.00366. The van der Waals surface area contributed by atoms with Crippen LogP contribution in [0.15, 0.2) is 6.33 Å². The Hall–Kier alpha value is -0.900. The molecule has 4 nitrogen and oxygen atoms in total. The average Bonchev–Trinajstić information content (AvgIpc) is 2.51. The quantitative estimate of drug-likeness (QED) is 0.765. The smallest absolute Gasteiger partial charge is 0.159 e. The van der Waals surface area contributed by atoms with Crippen LogP contribution in [0.25, 0.3) is 0 Å². The van der Waals surface area contributed by atoms with E-state index >= 15 is 0 Å². The summed E-state index contributed by atoms with van der Waals surface area (Å²) in [4.78, 5) is 0. The van der Waals surface area contributed by atoms with E-state index in [0.717, 1.165) is 12.8 Å². The zero-order valence-electron chi connectivity index (χ0n) is 8.49. The SMILES string of the molecule is CCCC(C)(C)n1cnnc1CO. The Morgan fingerprint density at radius 2 is 2.23 bits per heavy atom. The summed E-state index contributed by atoms with van der Waals surface area (Å²) < 4.78 is 1.94. The fraction of sp³-hybridized carbons (Fsp3) is 0.778. The molecule has 1 aromatic rings. The van der Waals surface area contributed by atoms with Gasteiger partial charge in [0, 0.05) is 5.54 Å². The molecular weight excluding hydrogens is 166 g/mol. The lowest BCUT2D eigenvalue weighted by molar-refractivity contribution is 0.238. The Morgan fingerprint density at radius 3 is 2.77 bits per heavy atom. The Balaban J connectivity index is 2.91. The minimum atomic E-state index is -0.0485. The van der Waals surface area contributed by atoms with E-state index in [9.17, 15) is 0 Å². The van der Waals surface area contributed by atoms with Gasteiger partial charge in [0.25, 0.3) is 0 Å². The van der Waals surface area contributed by atoms with Crippen LogP contribution in [0.2, 0.25) is 0 Å². The molecule has 1 heterocycles. The maximum Gasteiger partial charge on any atom is 0.159 e. The molecule has 1 N–H and O–H groups in total. The van der Waals surface area contributed by atoms with Crippen LogP contribution in [0.5, 0.6) is 0 Å². The van der Waals surface area contributed by atoms with Crippen molar-refractivity contribution >= 4 is 0 Å². The van der Waals surface area contributed by atoms with Crippen molar-refractivity contribution in [3.63, 3.8) is 0 Å². The van der Waals surface area contributed by atoms with Crippen molar-refractivity contribution in [1.82, 2.24) is 14.8 Å². The Labute approximate surface area is 78.6 Å². The van der Waals surface area contributed by atoms with Gasteiger partial charge in [-0.1, -0.05) is 13.3 Å². The topological polar surface area (TPSA) is 50.9 Å². The third-order valence-electron chi connectivity index (χ3n) is 2.27. The molecule has 1 rings (SSSR count). The first kappa shape index (κ1) is 10.2. The molecule has 0 aliphatic rings. The molecule has 0 saturated heterocycles. The average molecular weight is 183 g/mol. The summed E-state index contributed by atoms with van der Waals surface area (Å²) in [6.07, 6.45) is 3.84. The first-order valence-corrected chi connectivity index (χ1v) is 4.62. The number of aliphatic hydroxyl groups is 1. The first-order valence-electron chi connectivity index (χ1n) is 4.62. The maximum atomic E-state index is 9.02. The van der Waals surface area contributed by atoms with Gasteiger partial charge in [0.2, 0.25) is 0 Å². The van der Waals surface area contributed by atoms with Crippen molar-refractivity contribution < 1.29 is 5.11 Å². The van der Waals surface area contributed by atoms with E-state index in [1.165, 1.54) is 0 Å². The predicted octanol–water partition coefficient (Wildman–Crippen LogP) is 1.31. The van der Waals surface area contributed by atoms with Crippen molar-refractivity contribution in [3.8, 4) is 0 Å². The van der Waals surface area contributed by atoms with Crippen LogP contribution < -0.4 is 0 Å². The Morgan fingerprint density at radius 1 is 1.54 bits per heavy atom.